The van der Waals surface area contributed by atoms with Crippen LogP contribution in [0, 0.1) is 0 Å². The van der Waals surface area contributed by atoms with Crippen molar-refractivity contribution in [3.63, 3.8) is 0 Å². The van der Waals surface area contributed by atoms with Gasteiger partial charge in [0.15, 0.2) is 0 Å². The van der Waals surface area contributed by atoms with E-state index in [-0.39, 0.29) is 17.9 Å². The highest BCUT2D eigenvalue weighted by Gasteiger charge is 2.24. The molecule has 0 bridgehead atoms. The molecule has 1 aliphatic heterocycles. The summed E-state index contributed by atoms with van der Waals surface area (Å²) in [5, 5.41) is 2.94. The number of hydrogen-bond acceptors (Lipinski definition) is 4. The Hall–Kier alpha value is -3.02. The van der Waals surface area contributed by atoms with Crippen LogP contribution in [0.5, 0.6) is 5.75 Å². The number of ether oxygens (including phenoxy) is 1. The molecule has 2 aromatic carbocycles. The number of methoxy groups -OCH3 is 1. The number of carbonyl (C=O) groups excluding carboxylic acids is 2. The number of nitrogens with zero attached hydrogens (tertiary/aromatic N) is 2. The van der Waals surface area contributed by atoms with Crippen molar-refractivity contribution in [3.05, 3.63) is 59.7 Å². The number of rotatable bonds is 6. The summed E-state index contributed by atoms with van der Waals surface area (Å²) in [5.41, 5.74) is 2.11. The van der Waals surface area contributed by atoms with Gasteiger partial charge in [0.05, 0.1) is 12.8 Å². The number of amides is 2. The number of nitrogens with one attached hydrogen (secondary N) is 1. The normalized spacial score (nSPS) is 15.0. The van der Waals surface area contributed by atoms with Crippen LogP contribution in [0.15, 0.2) is 48.5 Å². The minimum Gasteiger partial charge on any atom is -0.495 e. The molecule has 1 fully saturated rings. The molecule has 1 atom stereocenters. The lowest BCUT2D eigenvalue weighted by molar-refractivity contribution is 0.0746. The maximum absolute atomic E-state index is 13.0. The third-order valence-corrected chi connectivity index (χ3v) is 5.35. The Balaban J connectivity index is 1.65. The van der Waals surface area contributed by atoms with E-state index in [2.05, 4.69) is 10.2 Å². The van der Waals surface area contributed by atoms with Crippen LogP contribution in [0.1, 0.15) is 41.0 Å². The number of hydrogen-bond donors (Lipinski definition) is 1. The molecule has 6 nitrogen and oxygen atoms in total. The third-order valence-electron chi connectivity index (χ3n) is 5.35. The molecule has 0 aromatic heterocycles. The molecule has 2 aromatic rings. The van der Waals surface area contributed by atoms with E-state index in [4.69, 9.17) is 4.74 Å². The standard InChI is InChI=1S/C23H29N3O3/c1-4-17(2)24-22(27)18-8-7-9-19(16-18)23(28)26-14-12-25(13-15-26)20-10-5-6-11-21(20)29-3/h5-11,16-17H,4,12-15H2,1-3H3,(H,24,27). The molecular weight excluding hydrogens is 366 g/mol. The van der Waals surface area contributed by atoms with Crippen LogP contribution in [-0.2, 0) is 0 Å². The molecule has 1 unspecified atom stereocenters. The monoisotopic (exact) mass is 395 g/mol. The minimum absolute atomic E-state index is 0.0390. The third kappa shape index (κ3) is 4.88. The Labute approximate surface area is 172 Å². The second kappa shape index (κ2) is 9.45. The minimum atomic E-state index is -0.144. The van der Waals surface area contributed by atoms with Crippen LogP contribution in [0.4, 0.5) is 5.69 Å². The van der Waals surface area contributed by atoms with E-state index in [1.165, 1.54) is 0 Å². The van der Waals surface area contributed by atoms with Crippen LogP contribution in [0.3, 0.4) is 0 Å². The van der Waals surface area contributed by atoms with E-state index < -0.39 is 0 Å². The van der Waals surface area contributed by atoms with Crippen molar-refractivity contribution in [1.82, 2.24) is 10.2 Å². The average molecular weight is 396 g/mol. The average Bonchev–Trinajstić information content (AvgIpc) is 2.78. The number of para-hydroxylation sites is 2. The molecular formula is C23H29N3O3. The van der Waals surface area contributed by atoms with Crippen LogP contribution in [-0.4, -0.2) is 56.0 Å². The topological polar surface area (TPSA) is 61.9 Å². The first-order valence-electron chi connectivity index (χ1n) is 10.1. The lowest BCUT2D eigenvalue weighted by Gasteiger charge is -2.36. The quantitative estimate of drug-likeness (QED) is 0.816. The fourth-order valence-corrected chi connectivity index (χ4v) is 3.43. The lowest BCUT2D eigenvalue weighted by Crippen LogP contribution is -2.48. The summed E-state index contributed by atoms with van der Waals surface area (Å²) < 4.78 is 5.45. The van der Waals surface area contributed by atoms with E-state index in [1.54, 1.807) is 31.4 Å². The van der Waals surface area contributed by atoms with Crippen molar-refractivity contribution < 1.29 is 14.3 Å². The Bertz CT molecular complexity index is 860. The Morgan fingerprint density at radius 3 is 2.41 bits per heavy atom. The van der Waals surface area contributed by atoms with Crippen LogP contribution in [0.2, 0.25) is 0 Å². The maximum atomic E-state index is 13.0. The Morgan fingerprint density at radius 1 is 1.03 bits per heavy atom. The van der Waals surface area contributed by atoms with Crippen molar-refractivity contribution in [2.24, 2.45) is 0 Å². The van der Waals surface area contributed by atoms with Gasteiger partial charge in [-0.25, -0.2) is 0 Å². The fourth-order valence-electron chi connectivity index (χ4n) is 3.43. The number of benzene rings is 2. The molecule has 1 N–H and O–H groups in total. The first-order valence-corrected chi connectivity index (χ1v) is 10.1. The van der Waals surface area contributed by atoms with E-state index in [1.807, 2.05) is 43.0 Å². The van der Waals surface area contributed by atoms with Crippen molar-refractivity contribution >= 4 is 17.5 Å². The summed E-state index contributed by atoms with van der Waals surface area (Å²) in [6.07, 6.45) is 0.862. The zero-order chi connectivity index (χ0) is 20.8. The van der Waals surface area contributed by atoms with Crippen molar-refractivity contribution in [1.29, 1.82) is 0 Å². The molecule has 0 aliphatic carbocycles. The largest absolute Gasteiger partial charge is 0.495 e. The van der Waals surface area contributed by atoms with Crippen molar-refractivity contribution in [2.45, 2.75) is 26.3 Å². The van der Waals surface area contributed by atoms with Crippen molar-refractivity contribution in [3.8, 4) is 5.75 Å². The van der Waals surface area contributed by atoms with E-state index in [9.17, 15) is 9.59 Å². The summed E-state index contributed by atoms with van der Waals surface area (Å²) in [7, 11) is 1.67. The van der Waals surface area contributed by atoms with E-state index in [0.29, 0.717) is 24.2 Å². The molecule has 1 saturated heterocycles. The summed E-state index contributed by atoms with van der Waals surface area (Å²) in [6.45, 7) is 6.71. The van der Waals surface area contributed by atoms with Gasteiger partial charge in [-0.3, -0.25) is 9.59 Å². The van der Waals surface area contributed by atoms with Gasteiger partial charge in [0.2, 0.25) is 0 Å². The van der Waals surface area contributed by atoms with E-state index >= 15 is 0 Å². The molecule has 0 saturated carbocycles. The smallest absolute Gasteiger partial charge is 0.253 e. The van der Waals surface area contributed by atoms with Gasteiger partial charge in [0.25, 0.3) is 11.8 Å². The van der Waals surface area contributed by atoms with Crippen LogP contribution >= 0.6 is 0 Å². The summed E-state index contributed by atoms with van der Waals surface area (Å²) >= 11 is 0. The highest BCUT2D eigenvalue weighted by molar-refractivity contribution is 5.99. The first-order chi connectivity index (χ1) is 14.0. The highest BCUT2D eigenvalue weighted by Crippen LogP contribution is 2.28. The van der Waals surface area contributed by atoms with Gasteiger partial charge >= 0.3 is 0 Å². The zero-order valence-electron chi connectivity index (χ0n) is 17.4. The number of carbonyl (C=O) groups is 2. The Morgan fingerprint density at radius 2 is 1.72 bits per heavy atom. The van der Waals surface area contributed by atoms with Gasteiger partial charge in [-0.2, -0.15) is 0 Å². The fraction of sp³-hybridized carbons (Fsp3) is 0.391. The predicted octanol–water partition coefficient (Wildman–Crippen LogP) is 3.19. The highest BCUT2D eigenvalue weighted by atomic mass is 16.5. The van der Waals surface area contributed by atoms with Crippen LogP contribution in [0.25, 0.3) is 0 Å². The number of anilines is 1. The molecule has 0 spiro atoms. The molecule has 6 heteroatoms. The van der Waals surface area contributed by atoms with Crippen molar-refractivity contribution in [2.75, 3.05) is 38.2 Å². The van der Waals surface area contributed by atoms with Gasteiger partial charge in [-0.1, -0.05) is 25.1 Å². The van der Waals surface area contributed by atoms with Gasteiger partial charge in [-0.15, -0.1) is 0 Å². The molecule has 2 amide bonds. The van der Waals surface area contributed by atoms with Crippen LogP contribution < -0.4 is 15.0 Å². The molecule has 0 radical (unpaired) electrons. The second-order valence-corrected chi connectivity index (χ2v) is 7.31. The molecule has 29 heavy (non-hydrogen) atoms. The van der Waals surface area contributed by atoms with Gasteiger partial charge in [0.1, 0.15) is 5.75 Å². The molecule has 1 heterocycles. The Kier molecular flexibility index (Phi) is 6.75. The summed E-state index contributed by atoms with van der Waals surface area (Å²) in [6, 6.07) is 15.0. The van der Waals surface area contributed by atoms with Gasteiger partial charge in [-0.05, 0) is 43.7 Å². The number of piperazine rings is 1. The summed E-state index contributed by atoms with van der Waals surface area (Å²) in [4.78, 5) is 29.4. The lowest BCUT2D eigenvalue weighted by atomic mass is 10.1. The van der Waals surface area contributed by atoms with Gasteiger partial charge in [0, 0.05) is 43.3 Å². The second-order valence-electron chi connectivity index (χ2n) is 7.31. The maximum Gasteiger partial charge on any atom is 0.253 e. The first kappa shape index (κ1) is 20.7. The molecule has 154 valence electrons. The molecule has 3 rings (SSSR count). The zero-order valence-corrected chi connectivity index (χ0v) is 17.4. The van der Waals surface area contributed by atoms with E-state index in [0.717, 1.165) is 30.9 Å². The predicted molar refractivity (Wildman–Crippen MR) is 115 cm³/mol. The van der Waals surface area contributed by atoms with Gasteiger partial charge < -0.3 is 19.9 Å². The SMILES string of the molecule is CCC(C)NC(=O)c1cccc(C(=O)N2CCN(c3ccccc3OC)CC2)c1. The summed E-state index contributed by atoms with van der Waals surface area (Å²) in [5.74, 6) is 0.658. The molecule has 1 aliphatic rings.